The van der Waals surface area contributed by atoms with E-state index in [1.165, 1.54) is 73.7 Å². The summed E-state index contributed by atoms with van der Waals surface area (Å²) < 4.78 is 7.84. The number of aromatic amines is 1. The van der Waals surface area contributed by atoms with Gasteiger partial charge in [0.1, 0.15) is 22.2 Å². The van der Waals surface area contributed by atoms with Gasteiger partial charge in [0.2, 0.25) is 5.91 Å². The van der Waals surface area contributed by atoms with Crippen LogP contribution in [0, 0.1) is 0 Å². The van der Waals surface area contributed by atoms with Crippen molar-refractivity contribution in [1.82, 2.24) is 9.78 Å². The van der Waals surface area contributed by atoms with Gasteiger partial charge < -0.3 is 20.7 Å². The van der Waals surface area contributed by atoms with Gasteiger partial charge in [-0.3, -0.25) is 19.5 Å². The summed E-state index contributed by atoms with van der Waals surface area (Å²) in [5.41, 5.74) is 3.21. The average molecular weight is 1040 g/mol. The zero-order valence-corrected chi connectivity index (χ0v) is 45.5. The molecule has 374 valence electrons. The molecule has 5 rings (SSSR count). The van der Waals surface area contributed by atoms with E-state index in [0.29, 0.717) is 50.6 Å². The van der Waals surface area contributed by atoms with Crippen molar-refractivity contribution in [2.24, 2.45) is 0 Å². The number of unbranched alkanes of at least 4 members (excludes halogenated alkanes) is 10. The fraction of sp³-hybridized carbons (Fsp3) is 0.473. The number of H-pyrrole nitrogens is 1. The number of nitrogens with one attached hydrogen (secondary N) is 4. The molecule has 0 saturated carbocycles. The molecule has 0 aliphatic heterocycles. The van der Waals surface area contributed by atoms with Gasteiger partial charge in [-0.2, -0.15) is 0 Å². The Morgan fingerprint density at radius 2 is 1.33 bits per heavy atom. The summed E-state index contributed by atoms with van der Waals surface area (Å²) in [5.74, 6) is 0.519. The molecule has 0 fully saturated rings. The summed E-state index contributed by atoms with van der Waals surface area (Å²) in [4.78, 5) is 42.6. The van der Waals surface area contributed by atoms with Crippen LogP contribution >= 0.6 is 58.2 Å². The van der Waals surface area contributed by atoms with Crippen LogP contribution in [0.1, 0.15) is 163 Å². The molecular weight excluding hydrogens is 969 g/mol. The Hall–Kier alpha value is -4.06. The number of ether oxygens (including phenoxy) is 1. The molecule has 1 aromatic heterocycles. The highest BCUT2D eigenvalue weighted by molar-refractivity contribution is 7.99. The molecule has 0 aliphatic carbocycles. The fourth-order valence-electron chi connectivity index (χ4n) is 7.95. The number of hydrogen-bond donors (Lipinski definition) is 4. The minimum Gasteiger partial charge on any atom is -0.480 e. The Morgan fingerprint density at radius 3 is 1.96 bits per heavy atom. The van der Waals surface area contributed by atoms with Crippen LogP contribution in [-0.2, 0) is 20.4 Å². The topological polar surface area (TPSA) is 117 Å². The van der Waals surface area contributed by atoms with Crippen LogP contribution in [0.15, 0.2) is 87.4 Å². The smallest absolute Gasteiger partial charge is 0.287 e. The number of rotatable bonds is 27. The Balaban J connectivity index is 1.37. The van der Waals surface area contributed by atoms with E-state index in [1.807, 2.05) is 31.2 Å². The highest BCUT2D eigenvalue weighted by atomic mass is 35.5. The molecule has 0 spiro atoms. The van der Waals surface area contributed by atoms with Gasteiger partial charge in [0, 0.05) is 27.6 Å². The first-order valence-electron chi connectivity index (χ1n) is 24.7. The summed E-state index contributed by atoms with van der Waals surface area (Å²) in [5, 5.41) is 13.5. The van der Waals surface area contributed by atoms with Gasteiger partial charge in [-0.25, -0.2) is 4.68 Å². The highest BCUT2D eigenvalue weighted by Crippen LogP contribution is 2.41. The quantitative estimate of drug-likeness (QED) is 0.0389. The summed E-state index contributed by atoms with van der Waals surface area (Å²) in [6, 6.07) is 21.7. The van der Waals surface area contributed by atoms with Crippen molar-refractivity contribution in [3.05, 3.63) is 114 Å². The van der Waals surface area contributed by atoms with Gasteiger partial charge in [-0.1, -0.05) is 202 Å². The maximum atomic E-state index is 14.6. The molecule has 4 N–H and O–H groups in total. The van der Waals surface area contributed by atoms with Crippen LogP contribution in [0.4, 0.5) is 22.9 Å². The monoisotopic (exact) mass is 1040 g/mol. The van der Waals surface area contributed by atoms with Crippen LogP contribution in [0.5, 0.6) is 5.75 Å². The lowest BCUT2D eigenvalue weighted by Crippen LogP contribution is -2.33. The first-order valence-corrected chi connectivity index (χ1v) is 27.0. The van der Waals surface area contributed by atoms with E-state index in [4.69, 9.17) is 51.1 Å². The molecule has 0 radical (unpaired) electrons. The van der Waals surface area contributed by atoms with Crippen molar-refractivity contribution < 1.29 is 14.3 Å². The maximum Gasteiger partial charge on any atom is 0.287 e. The van der Waals surface area contributed by atoms with Crippen LogP contribution in [0.3, 0.4) is 0 Å². The Bertz CT molecular complexity index is 2550. The number of benzene rings is 4. The molecular formula is C55H71Cl4N5O4S. The van der Waals surface area contributed by atoms with Crippen LogP contribution in [0.2, 0.25) is 20.1 Å². The van der Waals surface area contributed by atoms with Gasteiger partial charge in [0.15, 0.2) is 6.10 Å². The lowest BCUT2D eigenvalue weighted by molar-refractivity contribution is -0.123. The van der Waals surface area contributed by atoms with E-state index < -0.39 is 11.7 Å². The first kappa shape index (κ1) is 55.9. The Labute approximate surface area is 434 Å². The number of para-hydroxylation sites is 1. The largest absolute Gasteiger partial charge is 0.480 e. The van der Waals surface area contributed by atoms with Crippen LogP contribution in [0.25, 0.3) is 5.69 Å². The molecule has 0 aliphatic rings. The molecule has 9 nitrogen and oxygen atoms in total. The van der Waals surface area contributed by atoms with E-state index in [1.54, 1.807) is 24.3 Å². The standard InChI is InChI=1S/C55H71Cl4N5O4S/c1-9-13-14-15-16-17-18-19-20-21-22-27-48(65)60-38-29-30-40(57)44(35-38)61-51-50(53(67)64(63-51)49-41(58)33-37(56)34-42(49)59)69-47-26-24-23-25-43(47)62-52(66)45(10-2)68-46-31-28-36(54(5,6)11-3)32-39(46)55(7,8)12-4/h23-26,28-35,45,61,63H,9-22,27H2,1-8H3,(H,60,65)(H,62,66). The van der Waals surface area contributed by atoms with Crippen LogP contribution < -0.4 is 26.2 Å². The third-order valence-corrected chi connectivity index (χ3v) is 15.4. The molecule has 5 aromatic rings. The molecule has 0 saturated heterocycles. The van der Waals surface area contributed by atoms with Gasteiger partial charge in [-0.05, 0) is 90.6 Å². The summed E-state index contributed by atoms with van der Waals surface area (Å²) in [6.07, 6.45) is 15.1. The third-order valence-electron chi connectivity index (χ3n) is 13.1. The molecule has 4 aromatic carbocycles. The van der Waals surface area contributed by atoms with Gasteiger partial charge in [0.05, 0.1) is 26.4 Å². The number of carbonyl (C=O) groups is 2. The number of carbonyl (C=O) groups excluding carboxylic acids is 2. The van der Waals surface area contributed by atoms with Crippen LogP contribution in [-0.4, -0.2) is 27.7 Å². The second kappa shape index (κ2) is 26.4. The zero-order chi connectivity index (χ0) is 50.3. The molecule has 1 heterocycles. The fourth-order valence-corrected chi connectivity index (χ4v) is 10.1. The minimum absolute atomic E-state index is 0.0229. The predicted molar refractivity (Wildman–Crippen MR) is 293 cm³/mol. The van der Waals surface area contributed by atoms with E-state index >= 15 is 0 Å². The van der Waals surface area contributed by atoms with Gasteiger partial charge in [0.25, 0.3) is 11.5 Å². The number of amides is 2. The average Bonchev–Trinajstić information content (AvgIpc) is 3.60. The number of halogens is 4. The lowest BCUT2D eigenvalue weighted by atomic mass is 9.76. The van der Waals surface area contributed by atoms with Crippen molar-refractivity contribution in [3.63, 3.8) is 0 Å². The van der Waals surface area contributed by atoms with Crippen molar-refractivity contribution in [2.75, 3.05) is 16.0 Å². The van der Waals surface area contributed by atoms with Gasteiger partial charge >= 0.3 is 0 Å². The molecule has 1 unspecified atom stereocenters. The van der Waals surface area contributed by atoms with Crippen molar-refractivity contribution in [2.45, 2.75) is 178 Å². The third kappa shape index (κ3) is 15.5. The zero-order valence-electron chi connectivity index (χ0n) is 41.6. The molecule has 69 heavy (non-hydrogen) atoms. The second-order valence-electron chi connectivity index (χ2n) is 19.1. The maximum absolute atomic E-state index is 14.6. The van der Waals surface area contributed by atoms with E-state index in [9.17, 15) is 14.4 Å². The molecule has 0 bridgehead atoms. The normalized spacial score (nSPS) is 12.2. The number of hydrogen-bond acceptors (Lipinski definition) is 6. The lowest BCUT2D eigenvalue weighted by Gasteiger charge is -2.31. The predicted octanol–water partition coefficient (Wildman–Crippen LogP) is 17.5. The van der Waals surface area contributed by atoms with Crippen molar-refractivity contribution in [3.8, 4) is 11.4 Å². The highest BCUT2D eigenvalue weighted by Gasteiger charge is 2.30. The minimum atomic E-state index is -0.815. The molecule has 14 heteroatoms. The van der Waals surface area contributed by atoms with E-state index in [-0.39, 0.29) is 49.1 Å². The van der Waals surface area contributed by atoms with E-state index in [2.05, 4.69) is 81.6 Å². The first-order chi connectivity index (χ1) is 32.9. The number of nitrogens with zero attached hydrogens (tertiary/aromatic N) is 1. The second-order valence-corrected chi connectivity index (χ2v) is 21.8. The Morgan fingerprint density at radius 1 is 0.710 bits per heavy atom. The van der Waals surface area contributed by atoms with Gasteiger partial charge in [-0.15, -0.1) is 0 Å². The number of aromatic nitrogens is 2. The SMILES string of the molecule is CCCCCCCCCCCCCC(=O)Nc1ccc(Cl)c(Nc2[nH]n(-c3c(Cl)cc(Cl)cc3Cl)c(=O)c2Sc2ccccc2NC(=O)C(CC)Oc2ccc(C(C)(C)CC)cc2C(C)(C)CC)c1. The summed E-state index contributed by atoms with van der Waals surface area (Å²) >= 11 is 27.5. The molecule has 1 atom stereocenters. The Kier molecular flexibility index (Phi) is 21.4. The van der Waals surface area contributed by atoms with Crippen molar-refractivity contribution >= 4 is 92.9 Å². The van der Waals surface area contributed by atoms with Crippen molar-refractivity contribution in [1.29, 1.82) is 0 Å². The summed E-state index contributed by atoms with van der Waals surface area (Å²) in [6.45, 7) is 17.4. The summed E-state index contributed by atoms with van der Waals surface area (Å²) in [7, 11) is 0. The van der Waals surface area contributed by atoms with E-state index in [0.717, 1.165) is 49.4 Å². The number of anilines is 4. The molecule has 2 amide bonds.